The quantitative estimate of drug-likeness (QED) is 0.840. The highest BCUT2D eigenvalue weighted by Gasteiger charge is 2.24. The minimum Gasteiger partial charge on any atom is -0.357 e. The fourth-order valence-corrected chi connectivity index (χ4v) is 4.32. The molecule has 0 saturated carbocycles. The molecule has 0 bridgehead atoms. The van der Waals surface area contributed by atoms with Crippen molar-refractivity contribution in [2.24, 2.45) is 0 Å². The van der Waals surface area contributed by atoms with E-state index in [0.29, 0.717) is 12.5 Å². The highest BCUT2D eigenvalue weighted by molar-refractivity contribution is 5.92. The van der Waals surface area contributed by atoms with Crippen LogP contribution in [0.4, 0.5) is 11.5 Å². The van der Waals surface area contributed by atoms with E-state index in [9.17, 15) is 4.79 Å². The summed E-state index contributed by atoms with van der Waals surface area (Å²) in [6.07, 6.45) is 9.54. The Kier molecular flexibility index (Phi) is 6.34. The molecule has 2 aliphatic heterocycles. The number of carbonyl (C=O) groups excluding carboxylic acids is 1. The van der Waals surface area contributed by atoms with Crippen molar-refractivity contribution in [3.8, 4) is 0 Å². The Bertz CT molecular complexity index is 818. The number of likely N-dealkylation sites (tertiary alicyclic amines) is 1. The number of anilines is 2. The molecule has 2 fully saturated rings. The Balaban J connectivity index is 1.30. The van der Waals surface area contributed by atoms with Crippen molar-refractivity contribution in [1.29, 1.82) is 0 Å². The number of aryl methyl sites for hydroxylation is 1. The van der Waals surface area contributed by atoms with E-state index in [4.69, 9.17) is 0 Å². The van der Waals surface area contributed by atoms with Gasteiger partial charge in [-0.2, -0.15) is 0 Å². The van der Waals surface area contributed by atoms with Gasteiger partial charge in [0.25, 0.3) is 0 Å². The van der Waals surface area contributed by atoms with Gasteiger partial charge in [0.1, 0.15) is 11.6 Å². The van der Waals surface area contributed by atoms with E-state index in [1.807, 2.05) is 31.3 Å². The van der Waals surface area contributed by atoms with Crippen LogP contribution in [0.2, 0.25) is 0 Å². The van der Waals surface area contributed by atoms with Crippen LogP contribution in [0.3, 0.4) is 0 Å². The van der Waals surface area contributed by atoms with Gasteiger partial charge in [-0.25, -0.2) is 15.0 Å². The SMILES string of the molecule is Cc1nccc(C2CCCN(CC(=O)Nc3ccc(N4CCCCC4)nc3)C2)n1. The highest BCUT2D eigenvalue weighted by atomic mass is 16.2. The maximum absolute atomic E-state index is 12.5. The Hall–Kier alpha value is -2.54. The standard InChI is InChI=1S/C22H30N6O/c1-17-23-10-9-20(25-17)18-6-5-11-27(15-18)16-22(29)26-19-7-8-21(24-14-19)28-12-3-2-4-13-28/h7-10,14,18H,2-6,11-13,15-16H2,1H3,(H,26,29). The number of rotatable bonds is 5. The molecule has 7 nitrogen and oxygen atoms in total. The molecule has 0 radical (unpaired) electrons. The lowest BCUT2D eigenvalue weighted by Gasteiger charge is -2.32. The molecular formula is C22H30N6O. The van der Waals surface area contributed by atoms with Gasteiger partial charge < -0.3 is 10.2 Å². The first-order valence-corrected chi connectivity index (χ1v) is 10.7. The van der Waals surface area contributed by atoms with Crippen molar-refractivity contribution in [2.75, 3.05) is 42.9 Å². The van der Waals surface area contributed by atoms with Crippen LogP contribution in [-0.2, 0) is 4.79 Å². The van der Waals surface area contributed by atoms with Crippen molar-refractivity contribution in [1.82, 2.24) is 19.9 Å². The van der Waals surface area contributed by atoms with Gasteiger partial charge in [0.15, 0.2) is 0 Å². The van der Waals surface area contributed by atoms with Crippen LogP contribution in [0.1, 0.15) is 49.5 Å². The molecule has 7 heteroatoms. The first-order valence-electron chi connectivity index (χ1n) is 10.7. The summed E-state index contributed by atoms with van der Waals surface area (Å²) in [5.41, 5.74) is 1.84. The minimum absolute atomic E-state index is 0.0111. The molecule has 1 unspecified atom stereocenters. The van der Waals surface area contributed by atoms with E-state index in [0.717, 1.165) is 62.0 Å². The maximum atomic E-state index is 12.5. The monoisotopic (exact) mass is 394 g/mol. The smallest absolute Gasteiger partial charge is 0.238 e. The fourth-order valence-electron chi connectivity index (χ4n) is 4.32. The Labute approximate surface area is 172 Å². The summed E-state index contributed by atoms with van der Waals surface area (Å²) in [4.78, 5) is 30.4. The average molecular weight is 395 g/mol. The molecule has 4 heterocycles. The maximum Gasteiger partial charge on any atom is 0.238 e. The van der Waals surface area contributed by atoms with Crippen molar-refractivity contribution in [3.05, 3.63) is 42.1 Å². The molecule has 154 valence electrons. The Morgan fingerprint density at radius 3 is 2.72 bits per heavy atom. The summed E-state index contributed by atoms with van der Waals surface area (Å²) < 4.78 is 0. The van der Waals surface area contributed by atoms with Gasteiger partial charge in [-0.15, -0.1) is 0 Å². The molecule has 0 aliphatic carbocycles. The van der Waals surface area contributed by atoms with E-state index in [-0.39, 0.29) is 5.91 Å². The summed E-state index contributed by atoms with van der Waals surface area (Å²) in [7, 11) is 0. The third kappa shape index (κ3) is 5.29. The van der Waals surface area contributed by atoms with Crippen LogP contribution in [0.25, 0.3) is 0 Å². The summed E-state index contributed by atoms with van der Waals surface area (Å²) in [5, 5.41) is 3.00. The van der Waals surface area contributed by atoms with Gasteiger partial charge in [0.2, 0.25) is 5.91 Å². The van der Waals surface area contributed by atoms with Gasteiger partial charge >= 0.3 is 0 Å². The molecule has 1 N–H and O–H groups in total. The van der Waals surface area contributed by atoms with E-state index in [1.165, 1.54) is 19.3 Å². The van der Waals surface area contributed by atoms with E-state index in [2.05, 4.69) is 30.1 Å². The number of amides is 1. The van der Waals surface area contributed by atoms with Crippen molar-refractivity contribution < 1.29 is 4.79 Å². The van der Waals surface area contributed by atoms with Gasteiger partial charge in [-0.05, 0) is 63.8 Å². The summed E-state index contributed by atoms with van der Waals surface area (Å²) in [6.45, 7) is 6.26. The van der Waals surface area contributed by atoms with Crippen LogP contribution in [0, 0.1) is 6.92 Å². The summed E-state index contributed by atoms with van der Waals surface area (Å²) in [6, 6.07) is 5.96. The van der Waals surface area contributed by atoms with Crippen LogP contribution in [0.15, 0.2) is 30.6 Å². The van der Waals surface area contributed by atoms with Gasteiger partial charge in [-0.3, -0.25) is 9.69 Å². The Morgan fingerprint density at radius 2 is 1.97 bits per heavy atom. The molecule has 2 aromatic heterocycles. The molecule has 4 rings (SSSR count). The zero-order chi connectivity index (χ0) is 20.1. The van der Waals surface area contributed by atoms with Gasteiger partial charge in [0, 0.05) is 37.4 Å². The first kappa shape index (κ1) is 19.8. The Morgan fingerprint density at radius 1 is 1.10 bits per heavy atom. The first-order chi connectivity index (χ1) is 14.2. The van der Waals surface area contributed by atoms with Gasteiger partial charge in [0.05, 0.1) is 18.4 Å². The largest absolute Gasteiger partial charge is 0.357 e. The lowest BCUT2D eigenvalue weighted by Crippen LogP contribution is -2.40. The predicted molar refractivity (Wildman–Crippen MR) is 114 cm³/mol. The summed E-state index contributed by atoms with van der Waals surface area (Å²) >= 11 is 0. The number of aromatic nitrogens is 3. The average Bonchev–Trinajstić information content (AvgIpc) is 2.75. The molecular weight excluding hydrogens is 364 g/mol. The van der Waals surface area contributed by atoms with E-state index < -0.39 is 0 Å². The topological polar surface area (TPSA) is 74.2 Å². The number of carbonyl (C=O) groups is 1. The number of hydrogen-bond donors (Lipinski definition) is 1. The van der Waals surface area contributed by atoms with Crippen molar-refractivity contribution in [3.63, 3.8) is 0 Å². The second kappa shape index (κ2) is 9.31. The number of nitrogens with one attached hydrogen (secondary N) is 1. The number of nitrogens with zero attached hydrogens (tertiary/aromatic N) is 5. The van der Waals surface area contributed by atoms with E-state index in [1.54, 1.807) is 6.20 Å². The second-order valence-electron chi connectivity index (χ2n) is 8.10. The van der Waals surface area contributed by atoms with Gasteiger partial charge in [-0.1, -0.05) is 0 Å². The van der Waals surface area contributed by atoms with Crippen molar-refractivity contribution >= 4 is 17.4 Å². The third-order valence-corrected chi connectivity index (χ3v) is 5.80. The normalized spacial score (nSPS) is 20.4. The lowest BCUT2D eigenvalue weighted by atomic mass is 9.94. The zero-order valence-electron chi connectivity index (χ0n) is 17.2. The predicted octanol–water partition coefficient (Wildman–Crippen LogP) is 2.99. The zero-order valence-corrected chi connectivity index (χ0v) is 17.2. The van der Waals surface area contributed by atoms with E-state index >= 15 is 0 Å². The molecule has 0 spiro atoms. The lowest BCUT2D eigenvalue weighted by molar-refractivity contribution is -0.117. The van der Waals surface area contributed by atoms with Crippen LogP contribution < -0.4 is 10.2 Å². The minimum atomic E-state index is 0.0111. The third-order valence-electron chi connectivity index (χ3n) is 5.80. The molecule has 1 atom stereocenters. The number of hydrogen-bond acceptors (Lipinski definition) is 6. The molecule has 2 aromatic rings. The number of pyridine rings is 1. The molecule has 2 aliphatic rings. The fraction of sp³-hybridized carbons (Fsp3) is 0.545. The molecule has 2 saturated heterocycles. The van der Waals surface area contributed by atoms with Crippen LogP contribution in [0.5, 0.6) is 0 Å². The van der Waals surface area contributed by atoms with Crippen molar-refractivity contribution in [2.45, 2.75) is 44.9 Å². The second-order valence-corrected chi connectivity index (χ2v) is 8.10. The molecule has 0 aromatic carbocycles. The highest BCUT2D eigenvalue weighted by Crippen LogP contribution is 2.25. The van der Waals surface area contributed by atoms with Crippen LogP contribution >= 0.6 is 0 Å². The molecule has 1 amide bonds. The summed E-state index contributed by atoms with van der Waals surface area (Å²) in [5.74, 6) is 2.18. The number of piperidine rings is 2. The molecule has 29 heavy (non-hydrogen) atoms. The van der Waals surface area contributed by atoms with Crippen LogP contribution in [-0.4, -0.2) is 58.5 Å².